The van der Waals surface area contributed by atoms with Gasteiger partial charge in [-0.05, 0) is 12.1 Å². The summed E-state index contributed by atoms with van der Waals surface area (Å²) in [6.07, 6.45) is 0. The third-order valence-corrected chi connectivity index (χ3v) is 2.55. The van der Waals surface area contributed by atoms with E-state index >= 15 is 0 Å². The zero-order chi connectivity index (χ0) is 10.7. The van der Waals surface area contributed by atoms with Crippen molar-refractivity contribution in [3.05, 3.63) is 29.8 Å². The number of anilines is 1. The second-order valence-electron chi connectivity index (χ2n) is 3.53. The average molecular weight is 205 g/mol. The molecular weight excluding hydrogens is 190 g/mol. The Balaban J connectivity index is 2.29. The van der Waals surface area contributed by atoms with Crippen LogP contribution in [0.2, 0.25) is 0 Å². The highest BCUT2D eigenvalue weighted by molar-refractivity contribution is 6.00. The van der Waals surface area contributed by atoms with Crippen LogP contribution in [0.5, 0.6) is 0 Å². The van der Waals surface area contributed by atoms with Gasteiger partial charge in [0.2, 0.25) is 0 Å². The molecule has 1 aliphatic rings. The Morgan fingerprint density at radius 2 is 1.93 bits per heavy atom. The van der Waals surface area contributed by atoms with E-state index in [1.54, 1.807) is 0 Å². The molecule has 0 bridgehead atoms. The SMILES string of the molecule is N=C(N)c1ccccc1N1CCOCC1. The van der Waals surface area contributed by atoms with Gasteiger partial charge in [-0.1, -0.05) is 12.1 Å². The van der Waals surface area contributed by atoms with Crippen LogP contribution in [0.1, 0.15) is 5.56 Å². The Hall–Kier alpha value is -1.55. The number of nitrogens with zero attached hydrogens (tertiary/aromatic N) is 1. The molecule has 80 valence electrons. The highest BCUT2D eigenvalue weighted by Gasteiger charge is 2.14. The molecule has 15 heavy (non-hydrogen) atoms. The molecule has 4 heteroatoms. The van der Waals surface area contributed by atoms with Gasteiger partial charge in [0.15, 0.2) is 0 Å². The molecule has 0 saturated carbocycles. The lowest BCUT2D eigenvalue weighted by molar-refractivity contribution is 0.122. The summed E-state index contributed by atoms with van der Waals surface area (Å²) in [4.78, 5) is 2.21. The Morgan fingerprint density at radius 1 is 1.27 bits per heavy atom. The number of hydrogen-bond donors (Lipinski definition) is 2. The van der Waals surface area contributed by atoms with Crippen LogP contribution in [0.15, 0.2) is 24.3 Å². The lowest BCUT2D eigenvalue weighted by Gasteiger charge is -2.30. The van der Waals surface area contributed by atoms with E-state index in [1.165, 1.54) is 0 Å². The molecule has 1 aromatic carbocycles. The van der Waals surface area contributed by atoms with Crippen LogP contribution in [0, 0.1) is 5.41 Å². The number of ether oxygens (including phenoxy) is 1. The standard InChI is InChI=1S/C11H15N3O/c12-11(13)9-3-1-2-4-10(9)14-5-7-15-8-6-14/h1-4H,5-8H2,(H3,12,13). The minimum absolute atomic E-state index is 0.122. The number of nitrogens with one attached hydrogen (secondary N) is 1. The van der Waals surface area contributed by atoms with Gasteiger partial charge in [-0.25, -0.2) is 0 Å². The van der Waals surface area contributed by atoms with Gasteiger partial charge in [0.25, 0.3) is 0 Å². The largest absolute Gasteiger partial charge is 0.384 e. The van der Waals surface area contributed by atoms with Gasteiger partial charge in [0.05, 0.1) is 13.2 Å². The maximum atomic E-state index is 7.51. The first-order valence-corrected chi connectivity index (χ1v) is 5.05. The summed E-state index contributed by atoms with van der Waals surface area (Å²) < 4.78 is 5.29. The minimum Gasteiger partial charge on any atom is -0.384 e. The first-order chi connectivity index (χ1) is 7.29. The lowest BCUT2D eigenvalue weighted by atomic mass is 10.1. The van der Waals surface area contributed by atoms with Crippen molar-refractivity contribution in [3.63, 3.8) is 0 Å². The Bertz CT molecular complexity index is 359. The number of nitrogen functional groups attached to an aromatic ring is 1. The van der Waals surface area contributed by atoms with Crippen molar-refractivity contribution in [1.82, 2.24) is 0 Å². The molecular formula is C11H15N3O. The van der Waals surface area contributed by atoms with E-state index in [9.17, 15) is 0 Å². The van der Waals surface area contributed by atoms with Gasteiger partial charge in [-0.15, -0.1) is 0 Å². The molecule has 1 fully saturated rings. The van der Waals surface area contributed by atoms with E-state index in [0.29, 0.717) is 0 Å². The van der Waals surface area contributed by atoms with Crippen LogP contribution in [0.4, 0.5) is 5.69 Å². The maximum absolute atomic E-state index is 7.51. The monoisotopic (exact) mass is 205 g/mol. The molecule has 0 aliphatic carbocycles. The lowest BCUT2D eigenvalue weighted by Crippen LogP contribution is -2.37. The number of hydrogen-bond acceptors (Lipinski definition) is 3. The number of nitrogens with two attached hydrogens (primary N) is 1. The molecule has 0 unspecified atom stereocenters. The summed E-state index contributed by atoms with van der Waals surface area (Å²) in [5.41, 5.74) is 7.39. The number of rotatable bonds is 2. The van der Waals surface area contributed by atoms with Crippen LogP contribution in [-0.2, 0) is 4.74 Å². The third kappa shape index (κ3) is 2.10. The van der Waals surface area contributed by atoms with E-state index in [-0.39, 0.29) is 5.84 Å². The average Bonchev–Trinajstić information content (AvgIpc) is 2.30. The van der Waals surface area contributed by atoms with Gasteiger partial charge < -0.3 is 15.4 Å². The van der Waals surface area contributed by atoms with Crippen molar-refractivity contribution in [2.45, 2.75) is 0 Å². The molecule has 0 atom stereocenters. The van der Waals surface area contributed by atoms with Gasteiger partial charge in [-0.3, -0.25) is 5.41 Å². The van der Waals surface area contributed by atoms with Crippen molar-refractivity contribution < 1.29 is 4.74 Å². The zero-order valence-electron chi connectivity index (χ0n) is 8.57. The molecule has 1 saturated heterocycles. The second-order valence-corrected chi connectivity index (χ2v) is 3.53. The molecule has 1 heterocycles. The Morgan fingerprint density at radius 3 is 2.60 bits per heavy atom. The van der Waals surface area contributed by atoms with Gasteiger partial charge in [0.1, 0.15) is 5.84 Å². The van der Waals surface area contributed by atoms with Crippen LogP contribution >= 0.6 is 0 Å². The number of morpholine rings is 1. The van der Waals surface area contributed by atoms with E-state index in [2.05, 4.69) is 4.90 Å². The summed E-state index contributed by atoms with van der Waals surface area (Å²) in [6.45, 7) is 3.22. The van der Waals surface area contributed by atoms with Gasteiger partial charge >= 0.3 is 0 Å². The number of amidine groups is 1. The quantitative estimate of drug-likeness (QED) is 0.554. The van der Waals surface area contributed by atoms with Gasteiger partial charge in [-0.2, -0.15) is 0 Å². The van der Waals surface area contributed by atoms with Crippen LogP contribution in [0.3, 0.4) is 0 Å². The molecule has 2 rings (SSSR count). The maximum Gasteiger partial charge on any atom is 0.124 e. The number of benzene rings is 1. The van der Waals surface area contributed by atoms with Crippen molar-refractivity contribution >= 4 is 11.5 Å². The molecule has 1 aromatic rings. The summed E-state index contributed by atoms with van der Waals surface area (Å²) in [5, 5.41) is 7.51. The van der Waals surface area contributed by atoms with Crippen LogP contribution in [-0.4, -0.2) is 32.1 Å². The molecule has 0 amide bonds. The smallest absolute Gasteiger partial charge is 0.124 e. The van der Waals surface area contributed by atoms with E-state index in [1.807, 2.05) is 24.3 Å². The molecule has 0 radical (unpaired) electrons. The summed E-state index contributed by atoms with van der Waals surface area (Å²) in [5.74, 6) is 0.122. The fourth-order valence-electron chi connectivity index (χ4n) is 1.78. The van der Waals surface area contributed by atoms with Crippen molar-refractivity contribution in [1.29, 1.82) is 5.41 Å². The molecule has 4 nitrogen and oxygen atoms in total. The molecule has 0 aromatic heterocycles. The predicted molar refractivity (Wildman–Crippen MR) is 60.5 cm³/mol. The highest BCUT2D eigenvalue weighted by atomic mass is 16.5. The molecule has 0 spiro atoms. The van der Waals surface area contributed by atoms with E-state index in [4.69, 9.17) is 15.9 Å². The van der Waals surface area contributed by atoms with Crippen LogP contribution < -0.4 is 10.6 Å². The van der Waals surface area contributed by atoms with Crippen LogP contribution in [0.25, 0.3) is 0 Å². The van der Waals surface area contributed by atoms with E-state index < -0.39 is 0 Å². The third-order valence-electron chi connectivity index (χ3n) is 2.55. The number of para-hydroxylation sites is 1. The normalized spacial score (nSPS) is 16.4. The van der Waals surface area contributed by atoms with Crippen molar-refractivity contribution in [2.24, 2.45) is 5.73 Å². The Labute approximate surface area is 89.1 Å². The fourth-order valence-corrected chi connectivity index (χ4v) is 1.78. The summed E-state index contributed by atoms with van der Waals surface area (Å²) in [7, 11) is 0. The second kappa shape index (κ2) is 4.31. The first kappa shape index (κ1) is 9.98. The zero-order valence-corrected chi connectivity index (χ0v) is 8.57. The summed E-state index contributed by atoms with van der Waals surface area (Å²) in [6, 6.07) is 7.76. The highest BCUT2D eigenvalue weighted by Crippen LogP contribution is 2.20. The summed E-state index contributed by atoms with van der Waals surface area (Å²) >= 11 is 0. The van der Waals surface area contributed by atoms with Gasteiger partial charge in [0, 0.05) is 24.3 Å². The molecule has 1 aliphatic heterocycles. The fraction of sp³-hybridized carbons (Fsp3) is 0.364. The topological polar surface area (TPSA) is 62.3 Å². The van der Waals surface area contributed by atoms with E-state index in [0.717, 1.165) is 37.6 Å². The molecule has 3 N–H and O–H groups in total. The van der Waals surface area contributed by atoms with Crippen molar-refractivity contribution in [3.8, 4) is 0 Å². The minimum atomic E-state index is 0.122. The first-order valence-electron chi connectivity index (χ1n) is 5.05. The van der Waals surface area contributed by atoms with Crippen molar-refractivity contribution in [2.75, 3.05) is 31.2 Å². The Kier molecular flexibility index (Phi) is 2.87. The predicted octanol–water partition coefficient (Wildman–Crippen LogP) is 0.807.